The fourth-order valence-electron chi connectivity index (χ4n) is 4.12. The molecule has 3 amide bonds. The molecule has 0 saturated carbocycles. The Kier molecular flexibility index (Phi) is 6.18. The summed E-state index contributed by atoms with van der Waals surface area (Å²) in [5.74, 6) is 0.398. The van der Waals surface area contributed by atoms with Crippen molar-refractivity contribution in [3.8, 4) is 11.1 Å². The van der Waals surface area contributed by atoms with E-state index in [0.717, 1.165) is 40.7 Å². The van der Waals surface area contributed by atoms with Crippen molar-refractivity contribution in [1.29, 1.82) is 0 Å². The highest BCUT2D eigenvalue weighted by Gasteiger charge is 2.20. The maximum Gasteiger partial charge on any atom is 0.320 e. The highest BCUT2D eigenvalue weighted by molar-refractivity contribution is 6.00. The number of nitrogens with zero attached hydrogens (tertiary/aromatic N) is 2. The van der Waals surface area contributed by atoms with E-state index in [1.165, 1.54) is 19.8 Å². The lowest BCUT2D eigenvalue weighted by Crippen LogP contribution is -2.34. The zero-order valence-electron chi connectivity index (χ0n) is 17.9. The molecule has 0 spiro atoms. The number of hydrogen-bond donors (Lipinski definition) is 4. The number of carbonyl (C=O) groups is 2. The number of amides is 3. The Morgan fingerprint density at radius 3 is 2.77 bits per heavy atom. The first-order valence-corrected chi connectivity index (χ1v) is 10.6. The molecule has 1 atom stereocenters. The molecule has 8 nitrogen and oxygen atoms in total. The maximum atomic E-state index is 12.3. The van der Waals surface area contributed by atoms with E-state index in [1.54, 1.807) is 0 Å². The summed E-state index contributed by atoms with van der Waals surface area (Å²) in [6.45, 7) is 3.26. The van der Waals surface area contributed by atoms with E-state index in [-0.39, 0.29) is 11.9 Å². The summed E-state index contributed by atoms with van der Waals surface area (Å²) in [4.78, 5) is 26.0. The number of benzene rings is 2. The maximum absolute atomic E-state index is 12.3. The number of aromatic nitrogens is 2. The molecule has 8 heteroatoms. The molecule has 162 valence electrons. The van der Waals surface area contributed by atoms with Gasteiger partial charge in [-0.3, -0.25) is 15.2 Å². The van der Waals surface area contributed by atoms with Crippen LogP contribution in [0.3, 0.4) is 0 Å². The molecule has 31 heavy (non-hydrogen) atoms. The third kappa shape index (κ3) is 5.03. The van der Waals surface area contributed by atoms with Crippen molar-refractivity contribution >= 4 is 34.3 Å². The SMILES string of the molecule is CC(=O)Nc1cccc(-c2ccc3c(NC(=O)NCCC4CCCN4C)n[nH]c3c2)c1. The van der Waals surface area contributed by atoms with Gasteiger partial charge in [-0.05, 0) is 68.2 Å². The molecule has 1 saturated heterocycles. The lowest BCUT2D eigenvalue weighted by atomic mass is 10.0. The standard InChI is InChI=1S/C23H28N6O2/c1-15(30)25-18-6-3-5-16(13-18)17-8-9-20-21(14-17)27-28-22(20)26-23(31)24-11-10-19-7-4-12-29(19)2/h3,5-6,8-9,13-14,19H,4,7,10-12H2,1-2H3,(H,25,30)(H3,24,26,27,28,31). The van der Waals surface area contributed by atoms with Crippen molar-refractivity contribution in [3.63, 3.8) is 0 Å². The van der Waals surface area contributed by atoms with E-state index in [1.807, 2.05) is 42.5 Å². The van der Waals surface area contributed by atoms with Crippen LogP contribution in [0.4, 0.5) is 16.3 Å². The molecule has 1 aromatic heterocycles. The van der Waals surface area contributed by atoms with Crippen LogP contribution in [-0.2, 0) is 4.79 Å². The number of H-pyrrole nitrogens is 1. The summed E-state index contributed by atoms with van der Waals surface area (Å²) >= 11 is 0. The predicted octanol–water partition coefficient (Wildman–Crippen LogP) is 3.79. The molecule has 1 fully saturated rings. The molecule has 1 unspecified atom stereocenters. The lowest BCUT2D eigenvalue weighted by molar-refractivity contribution is -0.114. The van der Waals surface area contributed by atoms with Gasteiger partial charge < -0.3 is 15.5 Å². The minimum Gasteiger partial charge on any atom is -0.338 e. The minimum absolute atomic E-state index is 0.106. The molecular weight excluding hydrogens is 392 g/mol. The van der Waals surface area contributed by atoms with Crippen molar-refractivity contribution in [1.82, 2.24) is 20.4 Å². The molecule has 1 aliphatic heterocycles. The number of urea groups is 1. The number of aromatic amines is 1. The van der Waals surface area contributed by atoms with Crippen LogP contribution in [0.2, 0.25) is 0 Å². The van der Waals surface area contributed by atoms with Crippen LogP contribution in [-0.4, -0.2) is 53.2 Å². The Morgan fingerprint density at radius 1 is 1.16 bits per heavy atom. The Hall–Kier alpha value is -3.39. The molecular formula is C23H28N6O2. The molecule has 1 aliphatic rings. The van der Waals surface area contributed by atoms with Crippen LogP contribution in [0.5, 0.6) is 0 Å². The number of rotatable bonds is 6. The summed E-state index contributed by atoms with van der Waals surface area (Å²) in [6, 6.07) is 13.9. The smallest absolute Gasteiger partial charge is 0.320 e. The highest BCUT2D eigenvalue weighted by Crippen LogP contribution is 2.28. The largest absolute Gasteiger partial charge is 0.338 e. The fraction of sp³-hybridized carbons (Fsp3) is 0.348. The van der Waals surface area contributed by atoms with Gasteiger partial charge in [-0.15, -0.1) is 0 Å². The highest BCUT2D eigenvalue weighted by atomic mass is 16.2. The molecule has 2 aromatic carbocycles. The van der Waals surface area contributed by atoms with E-state index < -0.39 is 0 Å². The van der Waals surface area contributed by atoms with Crippen molar-refractivity contribution in [2.24, 2.45) is 0 Å². The number of hydrogen-bond acceptors (Lipinski definition) is 4. The molecule has 4 N–H and O–H groups in total. The molecule has 0 bridgehead atoms. The number of fused-ring (bicyclic) bond motifs is 1. The van der Waals surface area contributed by atoms with Gasteiger partial charge in [0.05, 0.1) is 5.52 Å². The number of nitrogens with one attached hydrogen (secondary N) is 4. The van der Waals surface area contributed by atoms with Crippen molar-refractivity contribution in [3.05, 3.63) is 42.5 Å². The monoisotopic (exact) mass is 420 g/mol. The van der Waals surface area contributed by atoms with E-state index in [0.29, 0.717) is 18.4 Å². The molecule has 0 aliphatic carbocycles. The van der Waals surface area contributed by atoms with Crippen LogP contribution >= 0.6 is 0 Å². The Labute approximate surface area is 181 Å². The van der Waals surface area contributed by atoms with Crippen LogP contribution in [0, 0.1) is 0 Å². The quantitative estimate of drug-likeness (QED) is 0.487. The zero-order valence-corrected chi connectivity index (χ0v) is 17.9. The minimum atomic E-state index is -0.249. The Morgan fingerprint density at radius 2 is 2.00 bits per heavy atom. The lowest BCUT2D eigenvalue weighted by Gasteiger charge is -2.19. The number of anilines is 2. The van der Waals surface area contributed by atoms with Gasteiger partial charge in [0, 0.05) is 30.6 Å². The van der Waals surface area contributed by atoms with Crippen LogP contribution in [0.25, 0.3) is 22.0 Å². The predicted molar refractivity (Wildman–Crippen MR) is 123 cm³/mol. The summed E-state index contributed by atoms with van der Waals surface area (Å²) in [5, 5.41) is 16.7. The molecule has 4 rings (SSSR count). The summed E-state index contributed by atoms with van der Waals surface area (Å²) in [5.41, 5.74) is 3.54. The summed E-state index contributed by atoms with van der Waals surface area (Å²) in [6.07, 6.45) is 3.37. The zero-order chi connectivity index (χ0) is 21.8. The average Bonchev–Trinajstić information content (AvgIpc) is 3.33. The Balaban J connectivity index is 1.40. The van der Waals surface area contributed by atoms with Crippen molar-refractivity contribution in [2.45, 2.75) is 32.2 Å². The van der Waals surface area contributed by atoms with Gasteiger partial charge in [-0.2, -0.15) is 5.10 Å². The van der Waals surface area contributed by atoms with Crippen molar-refractivity contribution < 1.29 is 9.59 Å². The first-order valence-electron chi connectivity index (χ1n) is 10.6. The molecule has 2 heterocycles. The van der Waals surface area contributed by atoms with Crippen LogP contribution < -0.4 is 16.0 Å². The third-order valence-corrected chi connectivity index (χ3v) is 5.75. The van der Waals surface area contributed by atoms with Gasteiger partial charge in [-0.25, -0.2) is 4.79 Å². The van der Waals surface area contributed by atoms with Gasteiger partial charge in [0.25, 0.3) is 0 Å². The molecule has 3 aromatic rings. The second-order valence-corrected chi connectivity index (χ2v) is 8.04. The third-order valence-electron chi connectivity index (χ3n) is 5.75. The van der Waals surface area contributed by atoms with Crippen LogP contribution in [0.1, 0.15) is 26.2 Å². The second-order valence-electron chi connectivity index (χ2n) is 8.04. The summed E-state index contributed by atoms with van der Waals surface area (Å²) < 4.78 is 0. The van der Waals surface area contributed by atoms with Gasteiger partial charge in [0.15, 0.2) is 5.82 Å². The molecule has 0 radical (unpaired) electrons. The summed E-state index contributed by atoms with van der Waals surface area (Å²) in [7, 11) is 2.14. The van der Waals surface area contributed by atoms with Gasteiger partial charge >= 0.3 is 6.03 Å². The average molecular weight is 421 g/mol. The topological polar surface area (TPSA) is 102 Å². The van der Waals surface area contributed by atoms with E-state index in [9.17, 15) is 9.59 Å². The van der Waals surface area contributed by atoms with E-state index >= 15 is 0 Å². The van der Waals surface area contributed by atoms with E-state index in [4.69, 9.17) is 0 Å². The first-order chi connectivity index (χ1) is 15.0. The number of carbonyl (C=O) groups excluding carboxylic acids is 2. The first kappa shape index (κ1) is 20.9. The number of likely N-dealkylation sites (tertiary alicyclic amines) is 1. The van der Waals surface area contributed by atoms with Crippen LogP contribution in [0.15, 0.2) is 42.5 Å². The Bertz CT molecular complexity index is 1090. The van der Waals surface area contributed by atoms with E-state index in [2.05, 4.69) is 38.1 Å². The van der Waals surface area contributed by atoms with Crippen molar-refractivity contribution in [2.75, 3.05) is 30.8 Å². The second kappa shape index (κ2) is 9.18. The normalized spacial score (nSPS) is 16.4. The van der Waals surface area contributed by atoms with Gasteiger partial charge in [0.1, 0.15) is 0 Å². The van der Waals surface area contributed by atoms with Gasteiger partial charge in [0.2, 0.25) is 5.91 Å². The fourth-order valence-corrected chi connectivity index (χ4v) is 4.12. The van der Waals surface area contributed by atoms with Gasteiger partial charge in [-0.1, -0.05) is 18.2 Å².